The van der Waals surface area contributed by atoms with Crippen molar-refractivity contribution < 1.29 is 23.8 Å². The van der Waals surface area contributed by atoms with Crippen molar-refractivity contribution in [3.63, 3.8) is 0 Å². The number of esters is 1. The van der Waals surface area contributed by atoms with Gasteiger partial charge in [-0.15, -0.1) is 0 Å². The Morgan fingerprint density at radius 1 is 1.13 bits per heavy atom. The first-order valence-electron chi connectivity index (χ1n) is 12.5. The monoisotopic (exact) mass is 545 g/mol. The number of fused-ring (bicyclic) bond motifs is 2. The smallest absolute Gasteiger partial charge is 0.338 e. The number of nitrogens with one attached hydrogen (secondary N) is 1. The first kappa shape index (κ1) is 26.2. The van der Waals surface area contributed by atoms with Gasteiger partial charge in [0.05, 0.1) is 36.1 Å². The molecule has 1 N–H and O–H groups in total. The lowest BCUT2D eigenvalue weighted by atomic mass is 9.95. The molecule has 1 aromatic heterocycles. The minimum atomic E-state index is -0.859. The van der Waals surface area contributed by atoms with Gasteiger partial charge >= 0.3 is 5.97 Å². The van der Waals surface area contributed by atoms with E-state index in [4.69, 9.17) is 14.2 Å². The van der Waals surface area contributed by atoms with E-state index in [9.17, 15) is 14.4 Å². The van der Waals surface area contributed by atoms with Gasteiger partial charge in [-0.25, -0.2) is 9.79 Å². The number of anilines is 1. The van der Waals surface area contributed by atoms with Gasteiger partial charge in [0.1, 0.15) is 11.1 Å². The van der Waals surface area contributed by atoms with Gasteiger partial charge in [0.25, 0.3) is 11.5 Å². The first-order chi connectivity index (χ1) is 18.9. The minimum Gasteiger partial charge on any atom is -0.490 e. The predicted molar refractivity (Wildman–Crippen MR) is 148 cm³/mol. The van der Waals surface area contributed by atoms with Crippen LogP contribution >= 0.6 is 11.3 Å². The number of thiazole rings is 1. The fourth-order valence-electron chi connectivity index (χ4n) is 4.73. The molecule has 3 aromatic rings. The molecule has 0 aliphatic carbocycles. The molecule has 2 aliphatic heterocycles. The van der Waals surface area contributed by atoms with Crippen LogP contribution in [0, 0.1) is 0 Å². The number of hydrogen-bond donors (Lipinski definition) is 1. The molecule has 1 unspecified atom stereocenters. The molecule has 1 amide bonds. The molecule has 0 saturated heterocycles. The van der Waals surface area contributed by atoms with Gasteiger partial charge in [0.15, 0.2) is 16.3 Å². The molecule has 200 valence electrons. The average Bonchev–Trinajstić information content (AvgIpc) is 3.42. The van der Waals surface area contributed by atoms with E-state index in [2.05, 4.69) is 16.9 Å². The van der Waals surface area contributed by atoms with Crippen molar-refractivity contribution in [3.05, 3.63) is 97.2 Å². The fraction of sp³-hybridized carbons (Fsp3) is 0.241. The highest BCUT2D eigenvalue weighted by atomic mass is 32.1. The van der Waals surface area contributed by atoms with Gasteiger partial charge in [-0.1, -0.05) is 48.3 Å². The number of benzene rings is 2. The second-order valence-electron chi connectivity index (χ2n) is 8.74. The molecule has 3 heterocycles. The molecule has 0 fully saturated rings. The molecule has 0 radical (unpaired) electrons. The maximum atomic E-state index is 14.1. The van der Waals surface area contributed by atoms with E-state index < -0.39 is 17.6 Å². The van der Waals surface area contributed by atoms with Crippen molar-refractivity contribution in [1.29, 1.82) is 0 Å². The largest absolute Gasteiger partial charge is 0.490 e. The van der Waals surface area contributed by atoms with E-state index in [1.165, 1.54) is 4.57 Å². The summed E-state index contributed by atoms with van der Waals surface area (Å²) in [5.74, 6) is 0.0359. The summed E-state index contributed by atoms with van der Waals surface area (Å²) in [4.78, 5) is 45.2. The molecule has 0 saturated carbocycles. The molecular weight excluding hydrogens is 518 g/mol. The van der Waals surface area contributed by atoms with Crippen LogP contribution in [-0.4, -0.2) is 36.3 Å². The molecule has 1 atom stereocenters. The van der Waals surface area contributed by atoms with Crippen LogP contribution in [0.3, 0.4) is 0 Å². The van der Waals surface area contributed by atoms with Crippen molar-refractivity contribution in [1.82, 2.24) is 4.57 Å². The second-order valence-corrected chi connectivity index (χ2v) is 9.71. The zero-order chi connectivity index (χ0) is 27.7. The summed E-state index contributed by atoms with van der Waals surface area (Å²) in [5, 5.41) is 2.82. The summed E-state index contributed by atoms with van der Waals surface area (Å²) in [5.41, 5.74) is 2.42. The van der Waals surface area contributed by atoms with E-state index in [0.29, 0.717) is 45.4 Å². The third-order valence-electron chi connectivity index (χ3n) is 6.33. The van der Waals surface area contributed by atoms with Gasteiger partial charge in [0, 0.05) is 11.3 Å². The molecule has 0 bridgehead atoms. The lowest BCUT2D eigenvalue weighted by molar-refractivity contribution is -0.139. The van der Waals surface area contributed by atoms with Crippen LogP contribution < -0.4 is 29.7 Å². The third-order valence-corrected chi connectivity index (χ3v) is 7.38. The van der Waals surface area contributed by atoms with E-state index in [0.717, 1.165) is 11.3 Å². The number of para-hydroxylation sites is 1. The number of amides is 1. The SMILES string of the molecule is C=CCOc1ccc(C2C(C(=O)OCC)=C(C)N=c3sc(=C4C(=O)Nc5ccccc54)c(=O)n32)cc1OCC. The van der Waals surface area contributed by atoms with Gasteiger partial charge in [-0.05, 0) is 44.5 Å². The van der Waals surface area contributed by atoms with Crippen LogP contribution in [-0.2, 0) is 14.3 Å². The minimum absolute atomic E-state index is 0.159. The van der Waals surface area contributed by atoms with Crippen molar-refractivity contribution in [2.45, 2.75) is 26.8 Å². The Hall–Kier alpha value is -4.44. The summed E-state index contributed by atoms with van der Waals surface area (Å²) in [6.45, 7) is 9.80. The molecule has 2 aliphatic rings. The number of carbonyl (C=O) groups excluding carboxylic acids is 2. The molecule has 10 heteroatoms. The lowest BCUT2D eigenvalue weighted by Crippen LogP contribution is -2.40. The van der Waals surface area contributed by atoms with Gasteiger partial charge in [-0.2, -0.15) is 0 Å². The Morgan fingerprint density at radius 2 is 1.92 bits per heavy atom. The van der Waals surface area contributed by atoms with Crippen LogP contribution in [0.1, 0.15) is 37.9 Å². The number of hydrogen-bond acceptors (Lipinski definition) is 8. The number of carbonyl (C=O) groups is 2. The Labute approximate surface area is 228 Å². The number of nitrogens with zero attached hydrogens (tertiary/aromatic N) is 2. The highest BCUT2D eigenvalue weighted by Crippen LogP contribution is 2.37. The average molecular weight is 546 g/mol. The Kier molecular flexibility index (Phi) is 7.21. The Morgan fingerprint density at radius 3 is 2.67 bits per heavy atom. The van der Waals surface area contributed by atoms with E-state index in [-0.39, 0.29) is 34.8 Å². The van der Waals surface area contributed by atoms with Gasteiger partial charge in [0.2, 0.25) is 0 Å². The second kappa shape index (κ2) is 10.7. The predicted octanol–water partition coefficient (Wildman–Crippen LogP) is 3.08. The lowest BCUT2D eigenvalue weighted by Gasteiger charge is -2.25. The Bertz CT molecular complexity index is 1720. The maximum absolute atomic E-state index is 14.1. The van der Waals surface area contributed by atoms with E-state index in [1.54, 1.807) is 50.3 Å². The third kappa shape index (κ3) is 4.57. The topological polar surface area (TPSA) is 108 Å². The maximum Gasteiger partial charge on any atom is 0.338 e. The summed E-state index contributed by atoms with van der Waals surface area (Å²) < 4.78 is 18.7. The van der Waals surface area contributed by atoms with Crippen LogP contribution in [0.4, 0.5) is 5.69 Å². The van der Waals surface area contributed by atoms with Crippen LogP contribution in [0.2, 0.25) is 0 Å². The van der Waals surface area contributed by atoms with Gasteiger partial charge in [-0.3, -0.25) is 14.2 Å². The standard InChI is InChI=1S/C29H27N3O6S/c1-5-14-38-20-13-12-17(15-21(20)36-6-2)24-22(28(35)37-7-3)16(4)30-29-32(24)27(34)25(39-29)23-18-10-8-9-11-19(18)31-26(23)33/h5,8-13,15,24H,1,6-7,14H2,2-4H3,(H,31,33). The molecule has 0 spiro atoms. The quantitative estimate of drug-likeness (QED) is 0.344. The number of rotatable bonds is 8. The zero-order valence-corrected chi connectivity index (χ0v) is 22.6. The van der Waals surface area contributed by atoms with Crippen molar-refractivity contribution in [2.75, 3.05) is 25.1 Å². The number of aromatic nitrogens is 1. The van der Waals surface area contributed by atoms with Crippen LogP contribution in [0.25, 0.3) is 5.57 Å². The number of allylic oxidation sites excluding steroid dienone is 1. The van der Waals surface area contributed by atoms with E-state index >= 15 is 0 Å². The first-order valence-corrected chi connectivity index (χ1v) is 13.3. The fourth-order valence-corrected chi connectivity index (χ4v) is 5.87. The normalized spacial score (nSPS) is 17.1. The summed E-state index contributed by atoms with van der Waals surface area (Å²) >= 11 is 1.12. The molecular formula is C29H27N3O6S. The zero-order valence-electron chi connectivity index (χ0n) is 21.8. The highest BCUT2D eigenvalue weighted by molar-refractivity contribution is 7.07. The van der Waals surface area contributed by atoms with Crippen molar-refractivity contribution >= 4 is 34.5 Å². The van der Waals surface area contributed by atoms with Crippen molar-refractivity contribution in [3.8, 4) is 11.5 Å². The van der Waals surface area contributed by atoms with Crippen LogP contribution in [0.5, 0.6) is 11.5 Å². The number of ether oxygens (including phenoxy) is 3. The summed E-state index contributed by atoms with van der Waals surface area (Å²) in [7, 11) is 0. The van der Waals surface area contributed by atoms with Gasteiger partial charge < -0.3 is 19.5 Å². The highest BCUT2D eigenvalue weighted by Gasteiger charge is 2.35. The molecule has 9 nitrogen and oxygen atoms in total. The van der Waals surface area contributed by atoms with E-state index in [1.807, 2.05) is 19.1 Å². The molecule has 5 rings (SSSR count). The molecule has 39 heavy (non-hydrogen) atoms. The molecule has 2 aromatic carbocycles. The van der Waals surface area contributed by atoms with Crippen LogP contribution in [0.15, 0.2) is 76.2 Å². The summed E-state index contributed by atoms with van der Waals surface area (Å²) in [6, 6.07) is 11.6. The summed E-state index contributed by atoms with van der Waals surface area (Å²) in [6.07, 6.45) is 1.63. The van der Waals surface area contributed by atoms with Crippen molar-refractivity contribution in [2.24, 2.45) is 4.99 Å². The Balaban J connectivity index is 1.77.